The Morgan fingerprint density at radius 3 is 1.48 bits per heavy atom. The zero-order valence-electron chi connectivity index (χ0n) is 45.3. The minimum absolute atomic E-state index is 0.256. The summed E-state index contributed by atoms with van der Waals surface area (Å²) in [7, 11) is -1.38. The number of hydrogen-bond acceptors (Lipinski definition) is 14. The van der Waals surface area contributed by atoms with Gasteiger partial charge in [0.25, 0.3) is 0 Å². The highest BCUT2D eigenvalue weighted by Crippen LogP contribution is 2.39. The monoisotopic (exact) mass is 1580 g/mol. The molecule has 2 aliphatic carbocycles. The highest BCUT2D eigenvalue weighted by Gasteiger charge is 2.44. The highest BCUT2D eigenvalue weighted by molar-refractivity contribution is 14.1. The van der Waals surface area contributed by atoms with Crippen molar-refractivity contribution >= 4 is 198 Å². The van der Waals surface area contributed by atoms with Crippen LogP contribution in [0.1, 0.15) is 40.7 Å². The van der Waals surface area contributed by atoms with Crippen LogP contribution in [0.5, 0.6) is 0 Å². The topological polar surface area (TPSA) is 163 Å². The molecule has 11 nitrogen and oxygen atoms in total. The SMILES string of the molecule is Brc1nccs1.Cc1ccc(-c2nccs2)cc1-c1ccc2nc(NC(=O)[C@@H]3C[C@@H]3F)sc2c1.Cc1ccc(-c2nccs2)cc1Br.Cc1ccc(B(O)O)cc1Br.Cc1ccc(I)cc1Br.Cc1ccc2nc(NC(=O)[C@@H]3C[C@@H]3F)sc2c1. The maximum absolute atomic E-state index is 13.1. The van der Waals surface area contributed by atoms with Crippen LogP contribution in [0.15, 0.2) is 161 Å². The number of anilines is 2. The zero-order chi connectivity index (χ0) is 60.2. The molecule has 6 aromatic carbocycles. The maximum atomic E-state index is 13.1. The molecular weight excluding hydrogens is 1540 g/mol. The zero-order valence-corrected chi connectivity index (χ0v) is 57.9. The lowest BCUT2D eigenvalue weighted by atomic mass is 9.80. The molecule has 2 fully saturated rings. The molecule has 24 heteroatoms. The maximum Gasteiger partial charge on any atom is 0.488 e. The quantitative estimate of drug-likeness (QED) is 0.0857. The van der Waals surface area contributed by atoms with Gasteiger partial charge in [-0.2, -0.15) is 0 Å². The van der Waals surface area contributed by atoms with Crippen molar-refractivity contribution in [2.45, 2.75) is 59.8 Å². The highest BCUT2D eigenvalue weighted by atomic mass is 127. The summed E-state index contributed by atoms with van der Waals surface area (Å²) < 4.78 is 33.2. The number of nitrogens with one attached hydrogen (secondary N) is 2. The van der Waals surface area contributed by atoms with Crippen LogP contribution < -0.4 is 16.1 Å². The van der Waals surface area contributed by atoms with Crippen molar-refractivity contribution in [3.63, 3.8) is 0 Å². The molecule has 0 bridgehead atoms. The predicted molar refractivity (Wildman–Crippen MR) is 369 cm³/mol. The molecule has 0 spiro atoms. The van der Waals surface area contributed by atoms with Gasteiger partial charge >= 0.3 is 7.12 Å². The first-order chi connectivity index (χ1) is 40.2. The van der Waals surface area contributed by atoms with Gasteiger partial charge in [0.05, 0.1) is 32.3 Å². The summed E-state index contributed by atoms with van der Waals surface area (Å²) in [5.41, 5.74) is 12.7. The van der Waals surface area contributed by atoms with Crippen molar-refractivity contribution in [2.75, 3.05) is 10.6 Å². The number of fused-ring (bicyclic) bond motifs is 2. The lowest BCUT2D eigenvalue weighted by molar-refractivity contribution is -0.118. The first-order valence-electron chi connectivity index (χ1n) is 25.6. The number of carbonyl (C=O) groups excluding carboxylic acids is 2. The standard InChI is InChI=1S/C21H16FN3OS2.C12H11FN2OS.C10H8BrNS.C7H8BBrO2.C7H6BrI.C3H2BrNS/c1-11-2-3-13(20-23-6-7-27-20)8-14(11)12-4-5-17-18(9-12)28-21(24-17)25-19(26)15-10-16(15)22;1-6-2-3-9-10(4-6)17-12(14-9)15-11(16)7-5-8(7)13;1-7-2-3-8(6-9(7)11)10-12-4-5-13-10;1-5-2-3-6(8(10)11)4-7(5)9;1-5-2-3-6(9)4-7(5)8;4-3-5-1-2-6-3/h2-9,15-16H,10H2,1H3,(H,24,25,26);2-4,7-8H,5H2,1H3,(H,14,15,16);2-6H,1H3;2-4,10-11H,1H3;2-4H,1H3;1-2H/t15-,16+;7-,8+;;;;/m11..../s1. The van der Waals surface area contributed by atoms with Crippen molar-refractivity contribution in [3.05, 3.63) is 193 Å². The number of halogens is 7. The molecule has 0 unspecified atom stereocenters. The molecule has 0 saturated heterocycles. The van der Waals surface area contributed by atoms with Gasteiger partial charge in [-0.1, -0.05) is 125 Å². The molecule has 13 rings (SSSR count). The molecule has 4 atom stereocenters. The number of hydrogen-bond donors (Lipinski definition) is 4. The van der Waals surface area contributed by atoms with Crippen molar-refractivity contribution in [2.24, 2.45) is 11.8 Å². The van der Waals surface area contributed by atoms with Crippen LogP contribution in [0.3, 0.4) is 0 Å². The molecule has 11 aromatic rings. The molecule has 2 saturated carbocycles. The summed E-state index contributed by atoms with van der Waals surface area (Å²) in [6, 6.07) is 36.2. The lowest BCUT2D eigenvalue weighted by Gasteiger charge is -2.08. The Morgan fingerprint density at radius 2 is 1.02 bits per heavy atom. The summed E-state index contributed by atoms with van der Waals surface area (Å²) >= 11 is 23.4. The summed E-state index contributed by atoms with van der Waals surface area (Å²) in [4.78, 5) is 44.8. The van der Waals surface area contributed by atoms with Crippen molar-refractivity contribution in [1.29, 1.82) is 0 Å². The lowest BCUT2D eigenvalue weighted by Crippen LogP contribution is -2.29. The fourth-order valence-corrected chi connectivity index (χ4v) is 13.6. The van der Waals surface area contributed by atoms with Crippen LogP contribution in [-0.2, 0) is 9.59 Å². The number of rotatable bonds is 8. The second kappa shape index (κ2) is 30.9. The number of aromatic nitrogens is 5. The summed E-state index contributed by atoms with van der Waals surface area (Å²) in [5, 5.41) is 32.0. The minimum atomic E-state index is -1.38. The van der Waals surface area contributed by atoms with E-state index in [0.29, 0.717) is 28.6 Å². The summed E-state index contributed by atoms with van der Waals surface area (Å²) in [6.45, 7) is 10.2. The molecule has 2 aliphatic rings. The van der Waals surface area contributed by atoms with Crippen LogP contribution in [0.25, 0.3) is 52.7 Å². The average molecular weight is 1590 g/mol. The first kappa shape index (κ1) is 65.4. The third-order valence-electron chi connectivity index (χ3n) is 12.6. The van der Waals surface area contributed by atoms with Gasteiger partial charge in [0.2, 0.25) is 11.8 Å². The Morgan fingerprint density at radius 1 is 0.560 bits per heavy atom. The van der Waals surface area contributed by atoms with E-state index in [4.69, 9.17) is 10.0 Å². The number of thiazole rings is 5. The van der Waals surface area contributed by atoms with E-state index in [1.165, 1.54) is 53.0 Å². The number of benzene rings is 6. The number of amides is 2. The van der Waals surface area contributed by atoms with Crippen LogP contribution in [-0.4, -0.2) is 66.2 Å². The van der Waals surface area contributed by atoms with Crippen molar-refractivity contribution in [1.82, 2.24) is 24.9 Å². The van der Waals surface area contributed by atoms with Crippen LogP contribution >= 0.6 is 143 Å². The molecule has 0 aliphatic heterocycles. The van der Waals surface area contributed by atoms with Gasteiger partial charge in [0.1, 0.15) is 22.4 Å². The molecule has 2 amide bonds. The molecule has 84 heavy (non-hydrogen) atoms. The molecule has 0 radical (unpaired) electrons. The second-order valence-corrected chi connectivity index (χ2v) is 28.9. The third kappa shape index (κ3) is 19.0. The van der Waals surface area contributed by atoms with Crippen molar-refractivity contribution < 1.29 is 28.4 Å². The van der Waals surface area contributed by atoms with Crippen LogP contribution in [0.4, 0.5) is 19.0 Å². The number of aryl methyl sites for hydroxylation is 5. The summed E-state index contributed by atoms with van der Waals surface area (Å²) in [5.74, 6) is -1.52. The smallest absolute Gasteiger partial charge is 0.423 e. The second-order valence-electron chi connectivity index (χ2n) is 19.1. The molecule has 4 N–H and O–H groups in total. The van der Waals surface area contributed by atoms with Gasteiger partial charge in [-0.05, 0) is 185 Å². The fourth-order valence-electron chi connectivity index (χ4n) is 7.56. The molecule has 5 heterocycles. The van der Waals surface area contributed by atoms with Crippen LogP contribution in [0, 0.1) is 50.0 Å². The molecule has 432 valence electrons. The van der Waals surface area contributed by atoms with E-state index in [1.807, 2.05) is 78.8 Å². The van der Waals surface area contributed by atoms with E-state index in [0.717, 1.165) is 71.1 Å². The Bertz CT molecular complexity index is 4010. The van der Waals surface area contributed by atoms with Gasteiger partial charge < -0.3 is 20.7 Å². The largest absolute Gasteiger partial charge is 0.488 e. The number of carbonyl (C=O) groups is 2. The van der Waals surface area contributed by atoms with Crippen LogP contribution in [0.2, 0.25) is 0 Å². The number of alkyl halides is 2. The summed E-state index contributed by atoms with van der Waals surface area (Å²) in [6.07, 6.45) is 4.08. The van der Waals surface area contributed by atoms with E-state index in [-0.39, 0.29) is 11.8 Å². The first-order valence-corrected chi connectivity index (χ1v) is 34.1. The van der Waals surface area contributed by atoms with Gasteiger partial charge in [-0.3, -0.25) is 9.59 Å². The van der Waals surface area contributed by atoms with E-state index < -0.39 is 31.3 Å². The van der Waals surface area contributed by atoms with E-state index in [2.05, 4.69) is 203 Å². The van der Waals surface area contributed by atoms with E-state index in [9.17, 15) is 18.4 Å². The predicted octanol–water partition coefficient (Wildman–Crippen LogP) is 18.2. The fraction of sp³-hybridized carbons (Fsp3) is 0.183. The normalized spacial score (nSPS) is 15.3. The van der Waals surface area contributed by atoms with Gasteiger partial charge in [-0.15, -0.1) is 34.0 Å². The molecular formula is C60H51BBr4F2IN7O4S5. The van der Waals surface area contributed by atoms with Gasteiger partial charge in [0, 0.05) is 62.8 Å². The Hall–Kier alpha value is -4.58. The Kier molecular flexibility index (Phi) is 24.0. The minimum Gasteiger partial charge on any atom is -0.423 e. The third-order valence-corrected chi connectivity index (χ3v) is 20.7. The molecule has 5 aromatic heterocycles. The van der Waals surface area contributed by atoms with E-state index in [1.54, 1.807) is 52.3 Å². The Balaban J connectivity index is 0.000000142. The Labute approximate surface area is 552 Å². The van der Waals surface area contributed by atoms with E-state index >= 15 is 0 Å². The average Bonchev–Trinajstić information content (AvgIpc) is 3.63. The van der Waals surface area contributed by atoms with Gasteiger partial charge in [-0.25, -0.2) is 33.7 Å². The van der Waals surface area contributed by atoms with Crippen molar-refractivity contribution in [3.8, 4) is 32.3 Å². The van der Waals surface area contributed by atoms with Gasteiger partial charge in [0.15, 0.2) is 14.2 Å². The number of nitrogens with zero attached hydrogens (tertiary/aromatic N) is 5.